The number of rotatable bonds is 2. The molecular formula is C16H23N3O2. The fraction of sp³-hybridized carbons (Fsp3) is 0.562. The lowest BCUT2D eigenvalue weighted by Crippen LogP contribution is -2.39. The summed E-state index contributed by atoms with van der Waals surface area (Å²) < 4.78 is 5.38. The molecule has 1 saturated heterocycles. The predicted molar refractivity (Wildman–Crippen MR) is 82.9 cm³/mol. The molecule has 1 amide bonds. The summed E-state index contributed by atoms with van der Waals surface area (Å²) in [6.45, 7) is 4.94. The minimum absolute atomic E-state index is 0.0749. The first kappa shape index (κ1) is 14.2. The molecule has 2 aliphatic rings. The van der Waals surface area contributed by atoms with Gasteiger partial charge in [-0.1, -0.05) is 0 Å². The minimum atomic E-state index is -0.392. The number of nitrogens with zero attached hydrogens (tertiary/aromatic N) is 2. The summed E-state index contributed by atoms with van der Waals surface area (Å²) in [5.74, 6) is 1.13. The lowest BCUT2D eigenvalue weighted by atomic mass is 9.98. The molecule has 2 heterocycles. The van der Waals surface area contributed by atoms with Gasteiger partial charge in [0.15, 0.2) is 0 Å². The van der Waals surface area contributed by atoms with Crippen LogP contribution in [0.1, 0.15) is 31.7 Å². The maximum atomic E-state index is 11.7. The zero-order valence-corrected chi connectivity index (χ0v) is 13.1. The number of nitrogens with one attached hydrogen (secondary N) is 1. The fourth-order valence-electron chi connectivity index (χ4n) is 3.54. The van der Waals surface area contributed by atoms with E-state index in [0.29, 0.717) is 17.8 Å². The molecule has 1 aromatic rings. The number of likely N-dealkylation sites (N-methyl/N-ethyl adjacent to an activating group) is 2. The van der Waals surface area contributed by atoms with E-state index < -0.39 is 6.09 Å². The Balaban J connectivity index is 1.82. The minimum Gasteiger partial charge on any atom is -0.410 e. The highest BCUT2D eigenvalue weighted by Gasteiger charge is 2.43. The lowest BCUT2D eigenvalue weighted by molar-refractivity contribution is 0.197. The van der Waals surface area contributed by atoms with Crippen LogP contribution in [0.3, 0.4) is 0 Å². The second-order valence-electron chi connectivity index (χ2n) is 6.31. The highest BCUT2D eigenvalue weighted by Crippen LogP contribution is 2.47. The highest BCUT2D eigenvalue weighted by atomic mass is 16.6. The van der Waals surface area contributed by atoms with Crippen LogP contribution in [0.2, 0.25) is 0 Å². The molecule has 5 heteroatoms. The van der Waals surface area contributed by atoms with Crippen molar-refractivity contribution in [2.75, 3.05) is 25.5 Å². The zero-order valence-electron chi connectivity index (χ0n) is 13.1. The van der Waals surface area contributed by atoms with E-state index in [1.165, 1.54) is 11.3 Å². The third-order valence-electron chi connectivity index (χ3n) is 4.40. The quantitative estimate of drug-likeness (QED) is 0.908. The largest absolute Gasteiger partial charge is 0.412 e. The van der Waals surface area contributed by atoms with Gasteiger partial charge in [0.25, 0.3) is 0 Å². The first-order valence-corrected chi connectivity index (χ1v) is 7.52. The van der Waals surface area contributed by atoms with Crippen LogP contribution in [0.25, 0.3) is 0 Å². The van der Waals surface area contributed by atoms with Gasteiger partial charge < -0.3 is 15.0 Å². The van der Waals surface area contributed by atoms with Gasteiger partial charge in [0, 0.05) is 31.2 Å². The van der Waals surface area contributed by atoms with Gasteiger partial charge >= 0.3 is 6.09 Å². The Kier molecular flexibility index (Phi) is 3.53. The molecule has 0 aliphatic carbocycles. The number of benzene rings is 1. The number of carbonyl (C=O) groups is 1. The maximum absolute atomic E-state index is 11.7. The van der Waals surface area contributed by atoms with Crippen molar-refractivity contribution >= 4 is 11.8 Å². The monoisotopic (exact) mass is 289 g/mol. The molecule has 0 aromatic heterocycles. The van der Waals surface area contributed by atoms with Crippen molar-refractivity contribution in [3.05, 3.63) is 23.8 Å². The molecule has 2 unspecified atom stereocenters. The summed E-state index contributed by atoms with van der Waals surface area (Å²) in [7, 11) is 4.30. The second-order valence-corrected chi connectivity index (χ2v) is 6.31. The Hall–Kier alpha value is -1.75. The fourth-order valence-corrected chi connectivity index (χ4v) is 3.54. The standard InChI is InChI=1S/C16H23N3O2/c1-10(2)17-16(20)21-11-5-6-14-13(9-11)12-7-8-18(3)15(12)19(14)4/h5-6,9-10,12,15H,7-8H2,1-4H3,(H,17,20). The molecule has 1 N–H and O–H groups in total. The summed E-state index contributed by atoms with van der Waals surface area (Å²) in [6, 6.07) is 6.02. The number of fused-ring (bicyclic) bond motifs is 3. The first-order valence-electron chi connectivity index (χ1n) is 7.52. The van der Waals surface area contributed by atoms with Gasteiger partial charge in [0.1, 0.15) is 5.75 Å². The van der Waals surface area contributed by atoms with Crippen LogP contribution >= 0.6 is 0 Å². The van der Waals surface area contributed by atoms with Crippen LogP contribution < -0.4 is 15.0 Å². The van der Waals surface area contributed by atoms with Gasteiger partial charge in [-0.25, -0.2) is 4.79 Å². The lowest BCUT2D eigenvalue weighted by Gasteiger charge is -2.28. The Bertz CT molecular complexity index is 558. The van der Waals surface area contributed by atoms with E-state index in [1.807, 2.05) is 26.0 Å². The molecule has 0 radical (unpaired) electrons. The molecule has 114 valence electrons. The van der Waals surface area contributed by atoms with Crippen LogP contribution in [-0.2, 0) is 0 Å². The molecule has 1 aromatic carbocycles. The van der Waals surface area contributed by atoms with Crippen LogP contribution in [0.5, 0.6) is 5.75 Å². The predicted octanol–water partition coefficient (Wildman–Crippen LogP) is 2.38. The topological polar surface area (TPSA) is 44.8 Å². The van der Waals surface area contributed by atoms with E-state index in [4.69, 9.17) is 4.74 Å². The summed E-state index contributed by atoms with van der Waals surface area (Å²) >= 11 is 0. The molecular weight excluding hydrogens is 266 g/mol. The Labute approximate surface area is 125 Å². The Morgan fingerprint density at radius 1 is 1.38 bits per heavy atom. The number of amides is 1. The third-order valence-corrected chi connectivity index (χ3v) is 4.40. The van der Waals surface area contributed by atoms with Crippen molar-refractivity contribution in [2.24, 2.45) is 0 Å². The number of hydrogen-bond acceptors (Lipinski definition) is 4. The van der Waals surface area contributed by atoms with Crippen LogP contribution in [-0.4, -0.2) is 43.8 Å². The number of ether oxygens (including phenoxy) is 1. The second kappa shape index (κ2) is 5.22. The Morgan fingerprint density at radius 3 is 2.86 bits per heavy atom. The van der Waals surface area contributed by atoms with Crippen molar-refractivity contribution in [1.82, 2.24) is 10.2 Å². The maximum Gasteiger partial charge on any atom is 0.412 e. The van der Waals surface area contributed by atoms with E-state index >= 15 is 0 Å². The molecule has 3 rings (SSSR count). The molecule has 2 atom stereocenters. The highest BCUT2D eigenvalue weighted by molar-refractivity contribution is 5.72. The van der Waals surface area contributed by atoms with Crippen molar-refractivity contribution in [2.45, 2.75) is 38.4 Å². The normalized spacial score (nSPS) is 24.1. The van der Waals surface area contributed by atoms with Gasteiger partial charge in [-0.2, -0.15) is 0 Å². The zero-order chi connectivity index (χ0) is 15.1. The van der Waals surface area contributed by atoms with Crippen molar-refractivity contribution in [3.8, 4) is 5.75 Å². The van der Waals surface area contributed by atoms with Crippen LogP contribution in [0.4, 0.5) is 10.5 Å². The third kappa shape index (κ3) is 2.46. The Morgan fingerprint density at radius 2 is 2.14 bits per heavy atom. The molecule has 2 aliphatic heterocycles. The van der Waals surface area contributed by atoms with Gasteiger partial charge in [-0.3, -0.25) is 4.90 Å². The summed E-state index contributed by atoms with van der Waals surface area (Å²) in [4.78, 5) is 16.4. The summed E-state index contributed by atoms with van der Waals surface area (Å²) in [5.41, 5.74) is 2.54. The summed E-state index contributed by atoms with van der Waals surface area (Å²) in [5, 5.41) is 2.74. The molecule has 5 nitrogen and oxygen atoms in total. The van der Waals surface area contributed by atoms with Crippen molar-refractivity contribution < 1.29 is 9.53 Å². The average molecular weight is 289 g/mol. The van der Waals surface area contributed by atoms with Gasteiger partial charge in [-0.05, 0) is 51.1 Å². The molecule has 0 bridgehead atoms. The van der Waals surface area contributed by atoms with E-state index in [2.05, 4.69) is 35.3 Å². The van der Waals surface area contributed by atoms with Crippen molar-refractivity contribution in [1.29, 1.82) is 0 Å². The molecule has 0 spiro atoms. The van der Waals surface area contributed by atoms with Gasteiger partial charge in [0.05, 0.1) is 6.17 Å². The number of carbonyl (C=O) groups excluding carboxylic acids is 1. The summed E-state index contributed by atoms with van der Waals surface area (Å²) in [6.07, 6.45) is 1.19. The average Bonchev–Trinajstić information content (AvgIpc) is 2.90. The molecule has 1 fully saturated rings. The molecule has 21 heavy (non-hydrogen) atoms. The SMILES string of the molecule is CC(C)NC(=O)Oc1ccc2c(c1)C1CCN(C)C1N2C. The number of hydrogen-bond donors (Lipinski definition) is 1. The van der Waals surface area contributed by atoms with Crippen molar-refractivity contribution in [3.63, 3.8) is 0 Å². The van der Waals surface area contributed by atoms with E-state index in [1.54, 1.807) is 0 Å². The van der Waals surface area contributed by atoms with E-state index in [0.717, 1.165) is 13.0 Å². The van der Waals surface area contributed by atoms with Crippen LogP contribution in [0, 0.1) is 0 Å². The van der Waals surface area contributed by atoms with Gasteiger partial charge in [0.2, 0.25) is 0 Å². The van der Waals surface area contributed by atoms with Crippen LogP contribution in [0.15, 0.2) is 18.2 Å². The smallest absolute Gasteiger partial charge is 0.410 e. The molecule has 0 saturated carbocycles. The van der Waals surface area contributed by atoms with E-state index in [9.17, 15) is 4.79 Å². The first-order chi connectivity index (χ1) is 9.97. The number of likely N-dealkylation sites (tertiary alicyclic amines) is 1. The van der Waals surface area contributed by atoms with Gasteiger partial charge in [-0.15, -0.1) is 0 Å². The van der Waals surface area contributed by atoms with E-state index in [-0.39, 0.29) is 6.04 Å². The number of anilines is 1.